The topological polar surface area (TPSA) is 107 Å². The first kappa shape index (κ1) is 18.9. The molecule has 2 aromatic rings. The zero-order valence-electron chi connectivity index (χ0n) is 15.6. The van der Waals surface area contributed by atoms with Crippen molar-refractivity contribution in [3.63, 3.8) is 0 Å². The van der Waals surface area contributed by atoms with Gasteiger partial charge < -0.3 is 28.8 Å². The van der Waals surface area contributed by atoms with E-state index in [0.717, 1.165) is 0 Å². The summed E-state index contributed by atoms with van der Waals surface area (Å²) < 4.78 is 21.2. The minimum absolute atomic E-state index is 0.0589. The third-order valence-corrected chi connectivity index (χ3v) is 4.65. The minimum Gasteiger partial charge on any atom is -0.486 e. The summed E-state index contributed by atoms with van der Waals surface area (Å²) in [5, 5.41) is 2.64. The lowest BCUT2D eigenvalue weighted by molar-refractivity contribution is -0.151. The average molecular weight is 400 g/mol. The first-order valence-corrected chi connectivity index (χ1v) is 9.25. The van der Waals surface area contributed by atoms with Gasteiger partial charge in [-0.25, -0.2) is 0 Å². The standard InChI is InChI=1S/C20H20N2O7/c23-18(21-14-3-4-16-17(9-14)28-7-6-27-16)12-29-20(25)13-8-19(24)22(10-13)11-15-2-1-5-26-15/h1-5,9,13H,6-8,10-12H2,(H,21,23)/t13-/m1/s1. The Morgan fingerprint density at radius 3 is 2.79 bits per heavy atom. The molecule has 0 spiro atoms. The number of benzene rings is 1. The van der Waals surface area contributed by atoms with Crippen LogP contribution in [0.15, 0.2) is 41.0 Å². The van der Waals surface area contributed by atoms with Crippen LogP contribution in [-0.4, -0.2) is 49.0 Å². The number of fused-ring (bicyclic) bond motifs is 1. The van der Waals surface area contributed by atoms with Crippen molar-refractivity contribution >= 4 is 23.5 Å². The number of anilines is 1. The number of hydrogen-bond donors (Lipinski definition) is 1. The van der Waals surface area contributed by atoms with Gasteiger partial charge in [0.05, 0.1) is 18.7 Å². The quantitative estimate of drug-likeness (QED) is 0.734. The fourth-order valence-corrected chi connectivity index (χ4v) is 3.25. The van der Waals surface area contributed by atoms with Gasteiger partial charge in [-0.2, -0.15) is 0 Å². The number of hydrogen-bond acceptors (Lipinski definition) is 7. The molecule has 1 aromatic carbocycles. The summed E-state index contributed by atoms with van der Waals surface area (Å²) in [4.78, 5) is 38.0. The van der Waals surface area contributed by atoms with Gasteiger partial charge >= 0.3 is 5.97 Å². The zero-order chi connectivity index (χ0) is 20.2. The van der Waals surface area contributed by atoms with E-state index in [-0.39, 0.29) is 18.9 Å². The largest absolute Gasteiger partial charge is 0.486 e. The van der Waals surface area contributed by atoms with Gasteiger partial charge in [-0.1, -0.05) is 0 Å². The molecule has 1 aromatic heterocycles. The number of carbonyl (C=O) groups is 3. The summed E-state index contributed by atoms with van der Waals surface area (Å²) in [6, 6.07) is 8.53. The predicted octanol–water partition coefficient (Wildman–Crippen LogP) is 1.58. The molecule has 4 rings (SSSR count). The van der Waals surface area contributed by atoms with Crippen molar-refractivity contribution in [2.24, 2.45) is 5.92 Å². The van der Waals surface area contributed by atoms with E-state index in [1.165, 1.54) is 6.26 Å². The maximum Gasteiger partial charge on any atom is 0.311 e. The molecule has 0 unspecified atom stereocenters. The Hall–Kier alpha value is -3.49. The Morgan fingerprint density at radius 2 is 2.00 bits per heavy atom. The number of esters is 1. The average Bonchev–Trinajstić information content (AvgIpc) is 3.36. The number of carbonyl (C=O) groups excluding carboxylic acids is 3. The van der Waals surface area contributed by atoms with Crippen molar-refractivity contribution in [1.29, 1.82) is 0 Å². The van der Waals surface area contributed by atoms with Gasteiger partial charge in [-0.3, -0.25) is 14.4 Å². The molecule has 9 heteroatoms. The number of rotatable bonds is 6. The Bertz CT molecular complexity index is 910. The van der Waals surface area contributed by atoms with Crippen LogP contribution >= 0.6 is 0 Å². The highest BCUT2D eigenvalue weighted by Gasteiger charge is 2.35. The van der Waals surface area contributed by atoms with Gasteiger partial charge in [-0.05, 0) is 24.3 Å². The number of furan rings is 1. The van der Waals surface area contributed by atoms with Crippen molar-refractivity contribution in [3.05, 3.63) is 42.4 Å². The Kier molecular flexibility index (Phi) is 5.37. The van der Waals surface area contributed by atoms with Crippen LogP contribution in [0.1, 0.15) is 12.2 Å². The SMILES string of the molecule is O=C(COC(=O)[C@@H]1CC(=O)N(Cc2ccco2)C1)Nc1ccc2c(c1)OCCO2. The van der Waals surface area contributed by atoms with E-state index >= 15 is 0 Å². The number of nitrogens with zero attached hydrogens (tertiary/aromatic N) is 1. The summed E-state index contributed by atoms with van der Waals surface area (Å²) in [5.41, 5.74) is 0.510. The van der Waals surface area contributed by atoms with Gasteiger partial charge in [0, 0.05) is 24.7 Å². The van der Waals surface area contributed by atoms with E-state index in [1.54, 1.807) is 35.2 Å². The van der Waals surface area contributed by atoms with Gasteiger partial charge in [0.15, 0.2) is 18.1 Å². The molecule has 9 nitrogen and oxygen atoms in total. The number of likely N-dealkylation sites (tertiary alicyclic amines) is 1. The summed E-state index contributed by atoms with van der Waals surface area (Å²) in [5.74, 6) is 0.0112. The maximum atomic E-state index is 12.2. The molecule has 152 valence electrons. The highest BCUT2D eigenvalue weighted by atomic mass is 16.6. The van der Waals surface area contributed by atoms with Crippen LogP contribution in [0, 0.1) is 5.92 Å². The van der Waals surface area contributed by atoms with E-state index in [0.29, 0.717) is 42.7 Å². The van der Waals surface area contributed by atoms with Crippen molar-refractivity contribution in [2.45, 2.75) is 13.0 Å². The summed E-state index contributed by atoms with van der Waals surface area (Å²) in [6.07, 6.45) is 1.59. The molecule has 1 atom stereocenters. The van der Waals surface area contributed by atoms with Crippen LogP contribution in [-0.2, 0) is 25.7 Å². The minimum atomic E-state index is -0.598. The molecule has 29 heavy (non-hydrogen) atoms. The molecular weight excluding hydrogens is 380 g/mol. The molecule has 1 N–H and O–H groups in total. The number of amides is 2. The molecule has 0 bridgehead atoms. The first-order chi connectivity index (χ1) is 14.1. The molecule has 2 aliphatic rings. The van der Waals surface area contributed by atoms with Crippen LogP contribution < -0.4 is 14.8 Å². The lowest BCUT2D eigenvalue weighted by Crippen LogP contribution is -2.28. The maximum absolute atomic E-state index is 12.2. The molecule has 1 fully saturated rings. The number of nitrogens with one attached hydrogen (secondary N) is 1. The van der Waals surface area contributed by atoms with E-state index in [2.05, 4.69) is 5.32 Å². The smallest absolute Gasteiger partial charge is 0.311 e. The summed E-state index contributed by atoms with van der Waals surface area (Å²) in [7, 11) is 0. The molecule has 0 radical (unpaired) electrons. The van der Waals surface area contributed by atoms with Gasteiger partial charge in [0.25, 0.3) is 5.91 Å². The normalized spacial score (nSPS) is 17.9. The monoisotopic (exact) mass is 400 g/mol. The van der Waals surface area contributed by atoms with E-state index in [9.17, 15) is 14.4 Å². The summed E-state index contributed by atoms with van der Waals surface area (Å²) in [6.45, 7) is 1.04. The van der Waals surface area contributed by atoms with Gasteiger partial charge in [0.1, 0.15) is 19.0 Å². The first-order valence-electron chi connectivity index (χ1n) is 9.25. The second-order valence-electron chi connectivity index (χ2n) is 6.77. The van der Waals surface area contributed by atoms with Crippen molar-refractivity contribution in [2.75, 3.05) is 31.7 Å². The third kappa shape index (κ3) is 4.50. The molecule has 0 aliphatic carbocycles. The van der Waals surface area contributed by atoms with Crippen LogP contribution in [0.5, 0.6) is 11.5 Å². The van der Waals surface area contributed by atoms with Crippen molar-refractivity contribution in [3.8, 4) is 11.5 Å². The highest BCUT2D eigenvalue weighted by molar-refractivity contribution is 5.94. The lowest BCUT2D eigenvalue weighted by atomic mass is 10.1. The lowest BCUT2D eigenvalue weighted by Gasteiger charge is -2.19. The van der Waals surface area contributed by atoms with Crippen LogP contribution in [0.2, 0.25) is 0 Å². The zero-order valence-corrected chi connectivity index (χ0v) is 15.6. The molecule has 1 saturated heterocycles. The molecule has 3 heterocycles. The predicted molar refractivity (Wildman–Crippen MR) is 99.3 cm³/mol. The highest BCUT2D eigenvalue weighted by Crippen LogP contribution is 2.32. The van der Waals surface area contributed by atoms with Gasteiger partial charge in [-0.15, -0.1) is 0 Å². The van der Waals surface area contributed by atoms with E-state index < -0.39 is 24.4 Å². The van der Waals surface area contributed by atoms with Crippen LogP contribution in [0.25, 0.3) is 0 Å². The molecule has 0 saturated carbocycles. The second kappa shape index (κ2) is 8.26. The Labute approximate surface area is 166 Å². The Morgan fingerprint density at radius 1 is 1.17 bits per heavy atom. The molecule has 2 aliphatic heterocycles. The fraction of sp³-hybridized carbons (Fsp3) is 0.350. The fourth-order valence-electron chi connectivity index (χ4n) is 3.25. The molecule has 2 amide bonds. The van der Waals surface area contributed by atoms with Crippen LogP contribution in [0.4, 0.5) is 5.69 Å². The van der Waals surface area contributed by atoms with Crippen molar-refractivity contribution < 1.29 is 33.0 Å². The summed E-state index contributed by atoms with van der Waals surface area (Å²) >= 11 is 0. The Balaban J connectivity index is 1.25. The number of ether oxygens (including phenoxy) is 3. The third-order valence-electron chi connectivity index (χ3n) is 4.65. The van der Waals surface area contributed by atoms with E-state index in [4.69, 9.17) is 18.6 Å². The van der Waals surface area contributed by atoms with Gasteiger partial charge in [0.2, 0.25) is 5.91 Å². The van der Waals surface area contributed by atoms with Crippen LogP contribution in [0.3, 0.4) is 0 Å². The van der Waals surface area contributed by atoms with E-state index in [1.807, 2.05) is 0 Å². The molecular formula is C20H20N2O7. The second-order valence-corrected chi connectivity index (χ2v) is 6.77. The van der Waals surface area contributed by atoms with Crippen molar-refractivity contribution in [1.82, 2.24) is 4.90 Å².